The van der Waals surface area contributed by atoms with Gasteiger partial charge in [0, 0.05) is 5.69 Å². The first-order valence-electron chi connectivity index (χ1n) is 7.34. The average molecular weight is 341 g/mol. The molecule has 0 saturated heterocycles. The number of para-hydroxylation sites is 1. The lowest BCUT2D eigenvalue weighted by molar-refractivity contribution is -0.141. The summed E-state index contributed by atoms with van der Waals surface area (Å²) < 4.78 is 44.3. The first-order chi connectivity index (χ1) is 11.3. The second kappa shape index (κ2) is 7.37. The molecular weight excluding hydrogens is 323 g/mol. The summed E-state index contributed by atoms with van der Waals surface area (Å²) in [5, 5.41) is 6.09. The van der Waals surface area contributed by atoms with Crippen molar-refractivity contribution >= 4 is 5.91 Å². The van der Waals surface area contributed by atoms with Crippen LogP contribution < -0.4 is 10.1 Å². The molecule has 1 atom stereocenters. The molecule has 0 saturated carbocycles. The highest BCUT2D eigenvalue weighted by Crippen LogP contribution is 2.28. The molecule has 0 aliphatic heterocycles. The molecule has 0 unspecified atom stereocenters. The number of aryl methyl sites for hydroxylation is 1. The molecule has 1 aromatic carbocycles. The second-order valence-electron chi connectivity index (χ2n) is 5.42. The van der Waals surface area contributed by atoms with E-state index in [1.54, 1.807) is 19.1 Å². The summed E-state index contributed by atoms with van der Waals surface area (Å²) in [7, 11) is 0. The third-order valence-electron chi connectivity index (χ3n) is 3.22. The lowest BCUT2D eigenvalue weighted by Crippen LogP contribution is -2.39. The molecule has 1 N–H and O–H groups in total. The summed E-state index contributed by atoms with van der Waals surface area (Å²) in [6.45, 7) is 3.19. The van der Waals surface area contributed by atoms with Gasteiger partial charge in [0.15, 0.2) is 5.69 Å². The van der Waals surface area contributed by atoms with Crippen molar-refractivity contribution in [3.8, 4) is 5.75 Å². The number of carbonyl (C=O) groups excluding carboxylic acids is 1. The third kappa shape index (κ3) is 5.00. The number of nitrogens with zero attached hydrogens (tertiary/aromatic N) is 2. The Morgan fingerprint density at radius 3 is 2.58 bits per heavy atom. The standard InChI is InChI=1S/C16H18F3N3O2/c1-11(10-24-13-6-4-3-5-7-13)20-15(23)9-22-12(2)8-14(21-22)16(17,18)19/h3-8,11H,9-10H2,1-2H3,(H,20,23)/t11-/m0/s1. The van der Waals surface area contributed by atoms with Gasteiger partial charge in [0.05, 0.1) is 6.04 Å². The van der Waals surface area contributed by atoms with Crippen LogP contribution >= 0.6 is 0 Å². The number of rotatable bonds is 6. The molecule has 5 nitrogen and oxygen atoms in total. The van der Waals surface area contributed by atoms with Gasteiger partial charge in [-0.05, 0) is 32.0 Å². The summed E-state index contributed by atoms with van der Waals surface area (Å²) in [4.78, 5) is 11.9. The van der Waals surface area contributed by atoms with E-state index in [4.69, 9.17) is 4.74 Å². The van der Waals surface area contributed by atoms with E-state index in [2.05, 4.69) is 10.4 Å². The van der Waals surface area contributed by atoms with Crippen molar-refractivity contribution in [2.24, 2.45) is 0 Å². The average Bonchev–Trinajstić information content (AvgIpc) is 2.87. The van der Waals surface area contributed by atoms with Crippen LogP contribution in [0.4, 0.5) is 13.2 Å². The smallest absolute Gasteiger partial charge is 0.435 e. The Balaban J connectivity index is 1.85. The van der Waals surface area contributed by atoms with Gasteiger partial charge in [-0.2, -0.15) is 18.3 Å². The molecule has 130 valence electrons. The number of benzene rings is 1. The molecule has 2 rings (SSSR count). The fraction of sp³-hybridized carbons (Fsp3) is 0.375. The molecule has 0 aliphatic rings. The van der Waals surface area contributed by atoms with Crippen molar-refractivity contribution in [1.29, 1.82) is 0 Å². The molecule has 1 aromatic heterocycles. The summed E-state index contributed by atoms with van der Waals surface area (Å²) in [5.74, 6) is 0.246. The van der Waals surface area contributed by atoms with E-state index in [9.17, 15) is 18.0 Å². The molecule has 1 amide bonds. The van der Waals surface area contributed by atoms with Crippen LogP contribution in [0.1, 0.15) is 18.3 Å². The molecule has 1 heterocycles. The van der Waals surface area contributed by atoms with Crippen LogP contribution in [-0.4, -0.2) is 28.3 Å². The van der Waals surface area contributed by atoms with Gasteiger partial charge < -0.3 is 10.1 Å². The Morgan fingerprint density at radius 2 is 2.00 bits per heavy atom. The Morgan fingerprint density at radius 1 is 1.33 bits per heavy atom. The normalized spacial score (nSPS) is 12.7. The lowest BCUT2D eigenvalue weighted by atomic mass is 10.3. The first kappa shape index (κ1) is 17.8. The van der Waals surface area contributed by atoms with Crippen LogP contribution in [0.2, 0.25) is 0 Å². The molecule has 0 spiro atoms. The molecular formula is C16H18F3N3O2. The lowest BCUT2D eigenvalue weighted by Gasteiger charge is -2.15. The van der Waals surface area contributed by atoms with Gasteiger partial charge in [0.25, 0.3) is 0 Å². The number of aromatic nitrogens is 2. The van der Waals surface area contributed by atoms with Gasteiger partial charge in [-0.25, -0.2) is 0 Å². The van der Waals surface area contributed by atoms with E-state index in [1.807, 2.05) is 18.2 Å². The van der Waals surface area contributed by atoms with Crippen molar-refractivity contribution in [3.05, 3.63) is 47.8 Å². The minimum Gasteiger partial charge on any atom is -0.491 e. The molecule has 8 heteroatoms. The zero-order valence-electron chi connectivity index (χ0n) is 13.3. The molecule has 0 fully saturated rings. The van der Waals surface area contributed by atoms with Crippen molar-refractivity contribution in [1.82, 2.24) is 15.1 Å². The summed E-state index contributed by atoms with van der Waals surface area (Å²) in [6.07, 6.45) is -4.52. The minimum absolute atomic E-state index is 0.252. The maximum absolute atomic E-state index is 12.6. The first-order valence-corrected chi connectivity index (χ1v) is 7.34. The second-order valence-corrected chi connectivity index (χ2v) is 5.42. The number of hydrogen-bond donors (Lipinski definition) is 1. The SMILES string of the molecule is Cc1cc(C(F)(F)F)nn1CC(=O)N[C@@H](C)COc1ccccc1. The molecule has 0 radical (unpaired) electrons. The summed E-state index contributed by atoms with van der Waals surface area (Å²) in [5.41, 5.74) is -0.737. The van der Waals surface area contributed by atoms with E-state index in [1.165, 1.54) is 6.92 Å². The Hall–Kier alpha value is -2.51. The van der Waals surface area contributed by atoms with Crippen LogP contribution in [0.25, 0.3) is 0 Å². The number of hydrogen-bond acceptors (Lipinski definition) is 3. The molecule has 24 heavy (non-hydrogen) atoms. The van der Waals surface area contributed by atoms with Gasteiger partial charge >= 0.3 is 6.18 Å². The number of halogens is 3. The van der Waals surface area contributed by atoms with Crippen molar-refractivity contribution in [2.45, 2.75) is 32.6 Å². The largest absolute Gasteiger partial charge is 0.491 e. The number of ether oxygens (including phenoxy) is 1. The van der Waals surface area contributed by atoms with Gasteiger partial charge in [0.2, 0.25) is 5.91 Å². The van der Waals surface area contributed by atoms with Crippen molar-refractivity contribution in [3.63, 3.8) is 0 Å². The number of carbonyl (C=O) groups is 1. The van der Waals surface area contributed by atoms with E-state index in [0.29, 0.717) is 5.75 Å². The van der Waals surface area contributed by atoms with E-state index in [-0.39, 0.29) is 24.9 Å². The quantitative estimate of drug-likeness (QED) is 0.879. The summed E-state index contributed by atoms with van der Waals surface area (Å²) in [6, 6.07) is 9.72. The number of amides is 1. The zero-order chi connectivity index (χ0) is 17.7. The van der Waals surface area contributed by atoms with Crippen LogP contribution in [0.15, 0.2) is 36.4 Å². The molecule has 0 bridgehead atoms. The van der Waals surface area contributed by atoms with Gasteiger partial charge in [0.1, 0.15) is 18.9 Å². The maximum atomic E-state index is 12.6. The number of alkyl halides is 3. The van der Waals surface area contributed by atoms with E-state index >= 15 is 0 Å². The van der Waals surface area contributed by atoms with Crippen molar-refractivity contribution < 1.29 is 22.7 Å². The summed E-state index contributed by atoms with van der Waals surface area (Å²) >= 11 is 0. The predicted octanol–water partition coefficient (Wildman–Crippen LogP) is 2.79. The highest BCUT2D eigenvalue weighted by molar-refractivity contribution is 5.76. The van der Waals surface area contributed by atoms with Gasteiger partial charge in [-0.3, -0.25) is 9.48 Å². The topological polar surface area (TPSA) is 56.2 Å². The van der Waals surface area contributed by atoms with Crippen LogP contribution in [0, 0.1) is 6.92 Å². The number of nitrogens with one attached hydrogen (secondary N) is 1. The van der Waals surface area contributed by atoms with Gasteiger partial charge in [-0.1, -0.05) is 18.2 Å². The van der Waals surface area contributed by atoms with Crippen LogP contribution in [0.3, 0.4) is 0 Å². The predicted molar refractivity (Wildman–Crippen MR) is 81.5 cm³/mol. The van der Waals surface area contributed by atoms with E-state index in [0.717, 1.165) is 10.7 Å². The zero-order valence-corrected chi connectivity index (χ0v) is 13.3. The Kier molecular flexibility index (Phi) is 5.48. The Labute approximate surface area is 137 Å². The van der Waals surface area contributed by atoms with Crippen molar-refractivity contribution in [2.75, 3.05) is 6.61 Å². The third-order valence-corrected chi connectivity index (χ3v) is 3.22. The monoisotopic (exact) mass is 341 g/mol. The fourth-order valence-electron chi connectivity index (χ4n) is 2.04. The highest BCUT2D eigenvalue weighted by atomic mass is 19.4. The van der Waals surface area contributed by atoms with Gasteiger partial charge in [-0.15, -0.1) is 0 Å². The minimum atomic E-state index is -4.52. The Bertz CT molecular complexity index is 684. The fourth-order valence-corrected chi connectivity index (χ4v) is 2.04. The van der Waals surface area contributed by atoms with E-state index < -0.39 is 17.8 Å². The maximum Gasteiger partial charge on any atom is 0.435 e. The van der Waals surface area contributed by atoms with Crippen LogP contribution in [0.5, 0.6) is 5.75 Å². The molecule has 0 aliphatic carbocycles. The highest BCUT2D eigenvalue weighted by Gasteiger charge is 2.34. The van der Waals surface area contributed by atoms with Crippen LogP contribution in [-0.2, 0) is 17.5 Å². The molecule has 2 aromatic rings.